The molecule has 0 aliphatic heterocycles. The number of nitrogens with zero attached hydrogens (tertiary/aromatic N) is 3. The molecule has 0 saturated heterocycles. The Hall–Kier alpha value is -6.84. The molecule has 0 atom stereocenters. The summed E-state index contributed by atoms with van der Waals surface area (Å²) in [5, 5.41) is 5.97. The van der Waals surface area contributed by atoms with Crippen molar-refractivity contribution in [1.29, 1.82) is 0 Å². The molecule has 10 rings (SSSR count). The molecule has 0 N–H and O–H groups in total. The highest BCUT2D eigenvalue weighted by molar-refractivity contribution is 6.20. The molecule has 0 fully saturated rings. The minimum Gasteiger partial charge on any atom is -0.309 e. The van der Waals surface area contributed by atoms with Crippen molar-refractivity contribution in [2.24, 2.45) is 0 Å². The van der Waals surface area contributed by atoms with E-state index in [4.69, 9.17) is 9.97 Å². The van der Waals surface area contributed by atoms with Crippen LogP contribution in [-0.4, -0.2) is 14.5 Å². The van der Waals surface area contributed by atoms with E-state index in [9.17, 15) is 0 Å². The maximum atomic E-state index is 5.22. The first-order valence-electron chi connectivity index (χ1n) is 17.3. The summed E-state index contributed by atoms with van der Waals surface area (Å²) in [5.41, 5.74) is 12.9. The van der Waals surface area contributed by atoms with Crippen LogP contribution in [0.5, 0.6) is 0 Å². The monoisotopic (exact) mass is 649 g/mol. The van der Waals surface area contributed by atoms with E-state index in [-0.39, 0.29) is 0 Å². The number of rotatable bonds is 5. The van der Waals surface area contributed by atoms with Crippen LogP contribution in [0.3, 0.4) is 0 Å². The quantitative estimate of drug-likeness (QED) is 0.174. The summed E-state index contributed by atoms with van der Waals surface area (Å²) < 4.78 is 2.39. The van der Waals surface area contributed by atoms with Crippen LogP contribution in [0, 0.1) is 0 Å². The van der Waals surface area contributed by atoms with Gasteiger partial charge in [-0.25, -0.2) is 9.97 Å². The molecule has 0 spiro atoms. The third kappa shape index (κ3) is 4.98. The second-order valence-electron chi connectivity index (χ2n) is 13.0. The summed E-state index contributed by atoms with van der Waals surface area (Å²) in [6.45, 7) is 0. The lowest BCUT2D eigenvalue weighted by Gasteiger charge is -2.13. The van der Waals surface area contributed by atoms with E-state index in [2.05, 4.69) is 187 Å². The molecule has 3 heterocycles. The molecule has 3 heteroatoms. The lowest BCUT2D eigenvalue weighted by molar-refractivity contribution is 1.18. The molecular weight excluding hydrogens is 619 g/mol. The van der Waals surface area contributed by atoms with E-state index in [1.165, 1.54) is 27.2 Å². The number of aromatic nitrogens is 3. The Balaban J connectivity index is 1.17. The van der Waals surface area contributed by atoms with Crippen molar-refractivity contribution in [3.05, 3.63) is 188 Å². The van der Waals surface area contributed by atoms with E-state index in [0.717, 1.165) is 66.8 Å². The molecule has 3 aromatic heterocycles. The SMILES string of the molecule is c1ccc(-c2cc(-c3ccccc3)nc(-c3ccc(-n4c5ccccc5c5cc6c(cc54)c(-c4ccccc4)nc4ccccc46)cc3)c2)cc1. The number of hydrogen-bond donors (Lipinski definition) is 0. The first kappa shape index (κ1) is 29.1. The molecule has 0 saturated carbocycles. The van der Waals surface area contributed by atoms with Gasteiger partial charge < -0.3 is 4.57 Å². The maximum Gasteiger partial charge on any atom is 0.0788 e. The normalized spacial score (nSPS) is 11.5. The molecule has 7 aromatic carbocycles. The second-order valence-corrected chi connectivity index (χ2v) is 13.0. The molecule has 10 aromatic rings. The highest BCUT2D eigenvalue weighted by Crippen LogP contribution is 2.40. The predicted molar refractivity (Wildman–Crippen MR) is 213 cm³/mol. The molecule has 0 unspecified atom stereocenters. The minimum atomic E-state index is 0.945. The highest BCUT2D eigenvalue weighted by Gasteiger charge is 2.18. The zero-order valence-electron chi connectivity index (χ0n) is 27.7. The van der Waals surface area contributed by atoms with Crippen LogP contribution in [0.25, 0.3) is 94.1 Å². The fourth-order valence-electron chi connectivity index (χ4n) is 7.52. The number of benzene rings is 7. The second kappa shape index (κ2) is 11.9. The molecule has 0 aliphatic rings. The third-order valence-electron chi connectivity index (χ3n) is 9.96. The highest BCUT2D eigenvalue weighted by atomic mass is 15.0. The third-order valence-corrected chi connectivity index (χ3v) is 9.96. The van der Waals surface area contributed by atoms with Crippen molar-refractivity contribution in [2.45, 2.75) is 0 Å². The van der Waals surface area contributed by atoms with Gasteiger partial charge in [-0.15, -0.1) is 0 Å². The molecule has 238 valence electrons. The average Bonchev–Trinajstić information content (AvgIpc) is 3.54. The van der Waals surface area contributed by atoms with Crippen LogP contribution < -0.4 is 0 Å². The van der Waals surface area contributed by atoms with Gasteiger partial charge >= 0.3 is 0 Å². The van der Waals surface area contributed by atoms with E-state index in [0.29, 0.717) is 0 Å². The Morgan fingerprint density at radius 1 is 0.314 bits per heavy atom. The fourth-order valence-corrected chi connectivity index (χ4v) is 7.52. The van der Waals surface area contributed by atoms with Crippen molar-refractivity contribution in [2.75, 3.05) is 0 Å². The molecule has 0 amide bonds. The zero-order chi connectivity index (χ0) is 33.7. The van der Waals surface area contributed by atoms with Gasteiger partial charge in [0.1, 0.15) is 0 Å². The number of hydrogen-bond acceptors (Lipinski definition) is 2. The van der Waals surface area contributed by atoms with E-state index in [1.807, 2.05) is 6.07 Å². The summed E-state index contributed by atoms with van der Waals surface area (Å²) in [4.78, 5) is 10.4. The fraction of sp³-hybridized carbons (Fsp3) is 0. The van der Waals surface area contributed by atoms with Gasteiger partial charge in [-0.05, 0) is 65.0 Å². The predicted octanol–water partition coefficient (Wildman–Crippen LogP) is 12.5. The number of pyridine rings is 2. The van der Waals surface area contributed by atoms with Gasteiger partial charge in [0.2, 0.25) is 0 Å². The summed E-state index contributed by atoms with van der Waals surface area (Å²) in [6, 6.07) is 66.6. The van der Waals surface area contributed by atoms with Crippen LogP contribution in [0.15, 0.2) is 188 Å². The van der Waals surface area contributed by atoms with E-state index >= 15 is 0 Å². The molecule has 51 heavy (non-hydrogen) atoms. The van der Waals surface area contributed by atoms with Crippen LogP contribution >= 0.6 is 0 Å². The van der Waals surface area contributed by atoms with Crippen molar-refractivity contribution in [3.8, 4) is 50.6 Å². The maximum absolute atomic E-state index is 5.22. The minimum absolute atomic E-state index is 0.945. The van der Waals surface area contributed by atoms with Crippen molar-refractivity contribution in [3.63, 3.8) is 0 Å². The van der Waals surface area contributed by atoms with Gasteiger partial charge in [0.15, 0.2) is 0 Å². The largest absolute Gasteiger partial charge is 0.309 e. The van der Waals surface area contributed by atoms with Crippen molar-refractivity contribution in [1.82, 2.24) is 14.5 Å². The molecule has 3 nitrogen and oxygen atoms in total. The zero-order valence-corrected chi connectivity index (χ0v) is 27.7. The summed E-state index contributed by atoms with van der Waals surface area (Å²) in [7, 11) is 0. The Morgan fingerprint density at radius 2 is 0.882 bits per heavy atom. The van der Waals surface area contributed by atoms with Crippen LogP contribution in [0.2, 0.25) is 0 Å². The Bertz CT molecular complexity index is 2820. The van der Waals surface area contributed by atoms with Gasteiger partial charge in [-0.1, -0.05) is 140 Å². The van der Waals surface area contributed by atoms with Gasteiger partial charge in [0.05, 0.1) is 33.6 Å². The first-order valence-corrected chi connectivity index (χ1v) is 17.3. The van der Waals surface area contributed by atoms with Crippen LogP contribution in [0.4, 0.5) is 0 Å². The van der Waals surface area contributed by atoms with E-state index in [1.54, 1.807) is 0 Å². The summed E-state index contributed by atoms with van der Waals surface area (Å²) >= 11 is 0. The average molecular weight is 650 g/mol. The lowest BCUT2D eigenvalue weighted by atomic mass is 9.98. The molecule has 0 bridgehead atoms. The van der Waals surface area contributed by atoms with Crippen molar-refractivity contribution < 1.29 is 0 Å². The number of fused-ring (bicyclic) bond motifs is 6. The van der Waals surface area contributed by atoms with Gasteiger partial charge in [-0.2, -0.15) is 0 Å². The Kier molecular flexibility index (Phi) is 6.81. The van der Waals surface area contributed by atoms with Crippen LogP contribution in [-0.2, 0) is 0 Å². The first-order chi connectivity index (χ1) is 25.3. The topological polar surface area (TPSA) is 30.7 Å². The smallest absolute Gasteiger partial charge is 0.0788 e. The molecule has 0 aliphatic carbocycles. The van der Waals surface area contributed by atoms with Crippen molar-refractivity contribution >= 4 is 43.5 Å². The number of para-hydroxylation sites is 2. The van der Waals surface area contributed by atoms with Gasteiger partial charge in [0, 0.05) is 43.9 Å². The van der Waals surface area contributed by atoms with E-state index < -0.39 is 0 Å². The summed E-state index contributed by atoms with van der Waals surface area (Å²) in [6.07, 6.45) is 0. The summed E-state index contributed by atoms with van der Waals surface area (Å²) in [5.74, 6) is 0. The molecule has 0 radical (unpaired) electrons. The lowest BCUT2D eigenvalue weighted by Crippen LogP contribution is -1.96. The molecular formula is C48H31N3. The standard InChI is InChI=1S/C48H31N3/c1-4-14-32(15-5-1)36-28-44(33-16-6-2-7-17-33)49-45(29-36)34-24-26-37(27-25-34)51-46-23-13-11-21-39(46)41-30-40-38-20-10-12-22-43(38)50-48(42(40)31-47(41)51)35-18-8-3-9-19-35/h1-31H. The van der Waals surface area contributed by atoms with Gasteiger partial charge in [0.25, 0.3) is 0 Å². The Morgan fingerprint density at radius 3 is 1.59 bits per heavy atom. The Labute approximate surface area is 295 Å². The van der Waals surface area contributed by atoms with Crippen LogP contribution in [0.1, 0.15) is 0 Å². The van der Waals surface area contributed by atoms with Gasteiger partial charge in [-0.3, -0.25) is 0 Å².